The summed E-state index contributed by atoms with van der Waals surface area (Å²) >= 11 is 0. The van der Waals surface area contributed by atoms with E-state index in [1.807, 2.05) is 6.08 Å². The standard InChI is InChI=1S/C58H100O6/c1-4-7-10-13-16-19-22-25-27-28-29-31-33-36-39-42-45-48-51-57(60)63-54-55(53-62-56(59)50-47-44-41-38-35-32-24-21-18-15-12-9-6-3)64-58(61)52-49-46-43-40-37-34-30-26-23-20-17-14-11-8-5-2/h9,12,18-19,21-22,27-28,32,35,41,44,55H,4-8,10-11,13-17,20,23-26,29-31,33-34,36-40,42-43,45-54H2,1-3H3/b12-9-,21-18-,22-19-,28-27-,35-32-,44-41-. The number of hydrogen-bond acceptors (Lipinski definition) is 6. The van der Waals surface area contributed by atoms with Gasteiger partial charge in [-0.2, -0.15) is 0 Å². The second-order valence-corrected chi connectivity index (χ2v) is 17.8. The van der Waals surface area contributed by atoms with E-state index in [0.717, 1.165) is 77.0 Å². The Morgan fingerprint density at radius 3 is 1.06 bits per heavy atom. The van der Waals surface area contributed by atoms with Crippen molar-refractivity contribution >= 4 is 17.9 Å². The zero-order valence-electron chi connectivity index (χ0n) is 42.0. The highest BCUT2D eigenvalue weighted by Crippen LogP contribution is 2.15. The first-order valence-electron chi connectivity index (χ1n) is 26.9. The molecule has 368 valence electrons. The molecular weight excluding hydrogens is 793 g/mol. The number of carbonyl (C=O) groups excluding carboxylic acids is 3. The average Bonchev–Trinajstić information content (AvgIpc) is 3.29. The van der Waals surface area contributed by atoms with Gasteiger partial charge in [0.15, 0.2) is 6.10 Å². The largest absolute Gasteiger partial charge is 0.462 e. The number of esters is 3. The molecule has 0 rings (SSSR count). The van der Waals surface area contributed by atoms with Crippen LogP contribution in [0.15, 0.2) is 72.9 Å². The molecule has 0 saturated carbocycles. The maximum absolute atomic E-state index is 12.8. The molecule has 64 heavy (non-hydrogen) atoms. The van der Waals surface area contributed by atoms with Gasteiger partial charge in [0.2, 0.25) is 0 Å². The predicted octanol–water partition coefficient (Wildman–Crippen LogP) is 17.8. The van der Waals surface area contributed by atoms with Crippen LogP contribution in [0, 0.1) is 0 Å². The van der Waals surface area contributed by atoms with E-state index >= 15 is 0 Å². The van der Waals surface area contributed by atoms with Crippen LogP contribution in [0.3, 0.4) is 0 Å². The molecule has 0 aliphatic rings. The predicted molar refractivity (Wildman–Crippen MR) is 274 cm³/mol. The van der Waals surface area contributed by atoms with Gasteiger partial charge in [0.25, 0.3) is 0 Å². The minimum Gasteiger partial charge on any atom is -0.462 e. The molecule has 0 aromatic rings. The van der Waals surface area contributed by atoms with Crippen LogP contribution in [0.1, 0.15) is 258 Å². The quantitative estimate of drug-likeness (QED) is 0.0262. The van der Waals surface area contributed by atoms with E-state index < -0.39 is 6.10 Å². The van der Waals surface area contributed by atoms with Crippen LogP contribution >= 0.6 is 0 Å². The van der Waals surface area contributed by atoms with Crippen molar-refractivity contribution in [2.24, 2.45) is 0 Å². The molecule has 0 heterocycles. The highest BCUT2D eigenvalue weighted by molar-refractivity contribution is 5.71. The Bertz CT molecular complexity index is 1210. The van der Waals surface area contributed by atoms with Gasteiger partial charge >= 0.3 is 17.9 Å². The lowest BCUT2D eigenvalue weighted by Crippen LogP contribution is -2.30. The van der Waals surface area contributed by atoms with Crippen molar-refractivity contribution in [2.45, 2.75) is 264 Å². The van der Waals surface area contributed by atoms with Crippen LogP contribution in [-0.2, 0) is 28.6 Å². The van der Waals surface area contributed by atoms with E-state index in [-0.39, 0.29) is 37.5 Å². The van der Waals surface area contributed by atoms with Gasteiger partial charge in [-0.05, 0) is 77.0 Å². The smallest absolute Gasteiger partial charge is 0.306 e. The summed E-state index contributed by atoms with van der Waals surface area (Å²) in [6, 6.07) is 0. The monoisotopic (exact) mass is 893 g/mol. The van der Waals surface area contributed by atoms with Crippen LogP contribution in [0.5, 0.6) is 0 Å². The molecule has 6 heteroatoms. The maximum Gasteiger partial charge on any atom is 0.306 e. The molecule has 0 aliphatic heterocycles. The van der Waals surface area contributed by atoms with E-state index in [9.17, 15) is 14.4 Å². The summed E-state index contributed by atoms with van der Waals surface area (Å²) in [7, 11) is 0. The first-order chi connectivity index (χ1) is 31.5. The van der Waals surface area contributed by atoms with E-state index in [1.54, 1.807) is 0 Å². The van der Waals surface area contributed by atoms with Gasteiger partial charge in [-0.15, -0.1) is 0 Å². The molecule has 0 bridgehead atoms. The molecular formula is C58H100O6. The fourth-order valence-electron chi connectivity index (χ4n) is 7.43. The molecule has 0 radical (unpaired) electrons. The Morgan fingerprint density at radius 1 is 0.328 bits per heavy atom. The average molecular weight is 893 g/mol. The number of carbonyl (C=O) groups is 3. The van der Waals surface area contributed by atoms with Crippen molar-refractivity contribution in [2.75, 3.05) is 13.2 Å². The molecule has 0 aliphatic carbocycles. The number of unbranched alkanes of at least 4 members (excludes halogenated alkanes) is 25. The zero-order valence-corrected chi connectivity index (χ0v) is 42.0. The summed E-state index contributed by atoms with van der Waals surface area (Å²) < 4.78 is 16.7. The lowest BCUT2D eigenvalue weighted by Gasteiger charge is -2.18. The van der Waals surface area contributed by atoms with Crippen molar-refractivity contribution in [3.63, 3.8) is 0 Å². The molecule has 1 atom stereocenters. The van der Waals surface area contributed by atoms with E-state index in [0.29, 0.717) is 19.3 Å². The van der Waals surface area contributed by atoms with Crippen LogP contribution in [0.2, 0.25) is 0 Å². The lowest BCUT2D eigenvalue weighted by atomic mass is 10.0. The number of rotatable bonds is 48. The van der Waals surface area contributed by atoms with Crippen LogP contribution in [0.25, 0.3) is 0 Å². The van der Waals surface area contributed by atoms with Gasteiger partial charge in [-0.1, -0.05) is 235 Å². The number of ether oxygens (including phenoxy) is 3. The Morgan fingerprint density at radius 2 is 0.641 bits per heavy atom. The summed E-state index contributed by atoms with van der Waals surface area (Å²) in [5.41, 5.74) is 0. The highest BCUT2D eigenvalue weighted by atomic mass is 16.6. The fraction of sp³-hybridized carbons (Fsp3) is 0.741. The molecule has 0 spiro atoms. The summed E-state index contributed by atoms with van der Waals surface area (Å²) in [6.07, 6.45) is 66.1. The Hall–Kier alpha value is -3.15. The molecule has 0 amide bonds. The van der Waals surface area contributed by atoms with Crippen molar-refractivity contribution < 1.29 is 28.6 Å². The maximum atomic E-state index is 12.8. The van der Waals surface area contributed by atoms with Crippen molar-refractivity contribution in [3.05, 3.63) is 72.9 Å². The SMILES string of the molecule is CC/C=C\C/C=C\C/C=C\C/C=C\CCC(=O)OCC(COC(=O)CCCCCCCCC/C=C\C/C=C\CCCCCC)OC(=O)CCCCCCCCCCCCCCCCC. The molecule has 0 aromatic carbocycles. The topological polar surface area (TPSA) is 78.9 Å². The normalized spacial score (nSPS) is 12.6. The highest BCUT2D eigenvalue weighted by Gasteiger charge is 2.19. The van der Waals surface area contributed by atoms with Crippen molar-refractivity contribution in [3.8, 4) is 0 Å². The molecule has 6 nitrogen and oxygen atoms in total. The second kappa shape index (κ2) is 52.5. The Labute approximate surface area is 395 Å². The molecule has 0 saturated heterocycles. The summed E-state index contributed by atoms with van der Waals surface area (Å²) in [5.74, 6) is -0.986. The third-order valence-electron chi connectivity index (χ3n) is 11.5. The van der Waals surface area contributed by atoms with Gasteiger partial charge in [0.05, 0.1) is 0 Å². The Kier molecular flexibility index (Phi) is 49.9. The van der Waals surface area contributed by atoms with Crippen LogP contribution < -0.4 is 0 Å². The van der Waals surface area contributed by atoms with E-state index in [2.05, 4.69) is 87.6 Å². The van der Waals surface area contributed by atoms with Gasteiger partial charge in [0, 0.05) is 19.3 Å². The fourth-order valence-corrected chi connectivity index (χ4v) is 7.43. The lowest BCUT2D eigenvalue weighted by molar-refractivity contribution is -0.166. The molecule has 0 fully saturated rings. The van der Waals surface area contributed by atoms with E-state index in [4.69, 9.17) is 14.2 Å². The van der Waals surface area contributed by atoms with E-state index in [1.165, 1.54) is 135 Å². The molecule has 0 N–H and O–H groups in total. The summed E-state index contributed by atoms with van der Waals surface area (Å²) in [5, 5.41) is 0. The molecule has 0 aromatic heterocycles. The van der Waals surface area contributed by atoms with Crippen LogP contribution in [0.4, 0.5) is 0 Å². The number of hydrogen-bond donors (Lipinski definition) is 0. The van der Waals surface area contributed by atoms with Gasteiger partial charge in [0.1, 0.15) is 13.2 Å². The minimum atomic E-state index is -0.805. The third kappa shape index (κ3) is 49.9. The van der Waals surface area contributed by atoms with Gasteiger partial charge in [-0.25, -0.2) is 0 Å². The van der Waals surface area contributed by atoms with Crippen molar-refractivity contribution in [1.29, 1.82) is 0 Å². The van der Waals surface area contributed by atoms with Gasteiger partial charge < -0.3 is 14.2 Å². The zero-order chi connectivity index (χ0) is 46.5. The minimum absolute atomic E-state index is 0.0998. The first-order valence-corrected chi connectivity index (χ1v) is 26.9. The number of allylic oxidation sites excluding steroid dienone is 12. The first kappa shape index (κ1) is 60.9. The van der Waals surface area contributed by atoms with Gasteiger partial charge in [-0.3, -0.25) is 14.4 Å². The molecule has 1 unspecified atom stereocenters. The van der Waals surface area contributed by atoms with Crippen molar-refractivity contribution in [1.82, 2.24) is 0 Å². The Balaban J connectivity index is 4.44. The summed E-state index contributed by atoms with van der Waals surface area (Å²) in [4.78, 5) is 38.0. The van der Waals surface area contributed by atoms with Crippen LogP contribution in [-0.4, -0.2) is 37.2 Å². The summed E-state index contributed by atoms with van der Waals surface area (Å²) in [6.45, 7) is 6.45. The second-order valence-electron chi connectivity index (χ2n) is 17.8. The third-order valence-corrected chi connectivity index (χ3v) is 11.5.